The van der Waals surface area contributed by atoms with E-state index in [1.807, 2.05) is 19.1 Å². The first kappa shape index (κ1) is 24.1. The molecule has 0 fully saturated rings. The smallest absolute Gasteiger partial charge is 0.202 e. The zero-order valence-corrected chi connectivity index (χ0v) is 19.1. The molecule has 0 atom stereocenters. The molecule has 0 saturated carbocycles. The predicted octanol–water partition coefficient (Wildman–Crippen LogP) is 6.12. The first-order chi connectivity index (χ1) is 13.7. The van der Waals surface area contributed by atoms with Crippen LogP contribution in [0.3, 0.4) is 0 Å². The first-order valence-corrected chi connectivity index (χ1v) is 10.4. The first-order valence-electron chi connectivity index (χ1n) is 8.78. The zero-order valence-electron chi connectivity index (χ0n) is 16.0. The Morgan fingerprint density at radius 3 is 2.30 bits per heavy atom. The SMILES string of the molecule is Cc1ccc(C(=O)c2cc(CC(=O)CC(=N)N)c(-c3ccc(Cl)c(Cl)c3)s2)cc1.Cl. The molecule has 0 aliphatic rings. The van der Waals surface area contributed by atoms with Crippen LogP contribution in [0, 0.1) is 12.3 Å². The van der Waals surface area contributed by atoms with E-state index in [9.17, 15) is 9.59 Å². The van der Waals surface area contributed by atoms with Crippen LogP contribution in [-0.2, 0) is 11.2 Å². The van der Waals surface area contributed by atoms with Gasteiger partial charge in [-0.3, -0.25) is 15.0 Å². The normalized spacial score (nSPS) is 10.4. The number of aryl methyl sites for hydroxylation is 1. The van der Waals surface area contributed by atoms with Crippen LogP contribution in [0.5, 0.6) is 0 Å². The lowest BCUT2D eigenvalue weighted by molar-refractivity contribution is -0.117. The highest BCUT2D eigenvalue weighted by Crippen LogP contribution is 2.37. The third-order valence-electron chi connectivity index (χ3n) is 4.30. The van der Waals surface area contributed by atoms with Crippen LogP contribution in [0.15, 0.2) is 48.5 Å². The molecule has 0 radical (unpaired) electrons. The number of hydrogen-bond donors (Lipinski definition) is 2. The Balaban J connectivity index is 0.00000320. The summed E-state index contributed by atoms with van der Waals surface area (Å²) >= 11 is 13.5. The quantitative estimate of drug-likeness (QED) is 0.242. The van der Waals surface area contributed by atoms with Crippen LogP contribution in [-0.4, -0.2) is 17.4 Å². The fraction of sp³-hybridized carbons (Fsp3) is 0.136. The second-order valence-corrected chi connectivity index (χ2v) is 8.57. The molecule has 0 unspecified atom stereocenters. The lowest BCUT2D eigenvalue weighted by atomic mass is 10.0. The number of rotatable bonds is 7. The van der Waals surface area contributed by atoms with Crippen molar-refractivity contribution in [2.24, 2.45) is 5.73 Å². The second-order valence-electron chi connectivity index (χ2n) is 6.71. The number of amidine groups is 1. The topological polar surface area (TPSA) is 84.0 Å². The Morgan fingerprint density at radius 1 is 1.03 bits per heavy atom. The minimum atomic E-state index is -0.189. The van der Waals surface area contributed by atoms with E-state index in [0.717, 1.165) is 16.0 Å². The molecule has 30 heavy (non-hydrogen) atoms. The third-order valence-corrected chi connectivity index (χ3v) is 6.27. The van der Waals surface area contributed by atoms with E-state index in [1.54, 1.807) is 36.4 Å². The van der Waals surface area contributed by atoms with Gasteiger partial charge in [-0.25, -0.2) is 0 Å². The molecule has 0 aliphatic heterocycles. The molecule has 4 nitrogen and oxygen atoms in total. The monoisotopic (exact) mass is 480 g/mol. The Bertz CT molecular complexity index is 1110. The maximum absolute atomic E-state index is 13.0. The Morgan fingerprint density at radius 2 is 1.70 bits per heavy atom. The van der Waals surface area contributed by atoms with E-state index in [-0.39, 0.29) is 42.7 Å². The van der Waals surface area contributed by atoms with Gasteiger partial charge in [0.1, 0.15) is 5.78 Å². The summed E-state index contributed by atoms with van der Waals surface area (Å²) in [6.07, 6.45) is -0.0509. The number of hydrogen-bond acceptors (Lipinski definition) is 4. The van der Waals surface area contributed by atoms with E-state index >= 15 is 0 Å². The van der Waals surface area contributed by atoms with Gasteiger partial charge in [-0.1, -0.05) is 59.1 Å². The van der Waals surface area contributed by atoms with Crippen molar-refractivity contribution >= 4 is 64.3 Å². The molecule has 156 valence electrons. The summed E-state index contributed by atoms with van der Waals surface area (Å²) in [5, 5.41) is 8.16. The van der Waals surface area contributed by atoms with Crippen molar-refractivity contribution in [2.75, 3.05) is 0 Å². The summed E-state index contributed by atoms with van der Waals surface area (Å²) in [7, 11) is 0. The largest absolute Gasteiger partial charge is 0.387 e. The number of Topliss-reactive ketones (excluding diaryl/α,β-unsaturated/α-hetero) is 1. The van der Waals surface area contributed by atoms with Gasteiger partial charge in [-0.15, -0.1) is 23.7 Å². The minimum Gasteiger partial charge on any atom is -0.387 e. The highest BCUT2D eigenvalue weighted by Gasteiger charge is 2.20. The van der Waals surface area contributed by atoms with Crippen molar-refractivity contribution in [3.05, 3.63) is 80.1 Å². The standard InChI is InChI=1S/C22H18Cl2N2O2S.ClH/c1-12-2-4-13(5-3-12)21(28)19-10-15(8-16(27)11-20(25)26)22(29-19)14-6-7-17(23)18(24)9-14;/h2-7,9-10H,8,11H2,1H3,(H3,25,26);1H. The van der Waals surface area contributed by atoms with Crippen LogP contribution >= 0.6 is 46.9 Å². The third kappa shape index (κ3) is 5.70. The van der Waals surface area contributed by atoms with Crippen LogP contribution in [0.4, 0.5) is 0 Å². The molecular formula is C22H19Cl3N2O2S. The van der Waals surface area contributed by atoms with Gasteiger partial charge in [-0.2, -0.15) is 0 Å². The highest BCUT2D eigenvalue weighted by molar-refractivity contribution is 7.17. The second kappa shape index (κ2) is 10.2. The summed E-state index contributed by atoms with van der Waals surface area (Å²) in [5.74, 6) is -0.482. The van der Waals surface area contributed by atoms with Crippen molar-refractivity contribution in [2.45, 2.75) is 19.8 Å². The average Bonchev–Trinajstić information content (AvgIpc) is 3.07. The van der Waals surface area contributed by atoms with Crippen molar-refractivity contribution in [1.29, 1.82) is 5.41 Å². The van der Waals surface area contributed by atoms with Crippen LogP contribution in [0.2, 0.25) is 10.0 Å². The average molecular weight is 482 g/mol. The lowest BCUT2D eigenvalue weighted by Gasteiger charge is -2.05. The molecule has 3 rings (SSSR count). The zero-order chi connectivity index (χ0) is 21.1. The molecule has 0 spiro atoms. The van der Waals surface area contributed by atoms with Crippen molar-refractivity contribution in [1.82, 2.24) is 0 Å². The van der Waals surface area contributed by atoms with E-state index < -0.39 is 0 Å². The summed E-state index contributed by atoms with van der Waals surface area (Å²) < 4.78 is 0. The molecule has 0 aliphatic carbocycles. The highest BCUT2D eigenvalue weighted by atomic mass is 35.5. The van der Waals surface area contributed by atoms with Gasteiger partial charge in [-0.05, 0) is 36.2 Å². The Hall–Kier alpha value is -2.18. The number of halogens is 3. The van der Waals surface area contributed by atoms with E-state index in [0.29, 0.717) is 26.0 Å². The molecule has 0 amide bonds. The summed E-state index contributed by atoms with van der Waals surface area (Å²) in [6.45, 7) is 1.96. The maximum Gasteiger partial charge on any atom is 0.202 e. The fourth-order valence-electron chi connectivity index (χ4n) is 2.89. The van der Waals surface area contributed by atoms with Crippen molar-refractivity contribution in [3.8, 4) is 10.4 Å². The molecule has 1 heterocycles. The van der Waals surface area contributed by atoms with Gasteiger partial charge in [0.2, 0.25) is 5.78 Å². The van der Waals surface area contributed by atoms with E-state index in [1.165, 1.54) is 11.3 Å². The van der Waals surface area contributed by atoms with Gasteiger partial charge < -0.3 is 5.73 Å². The van der Waals surface area contributed by atoms with Crippen LogP contribution in [0.25, 0.3) is 10.4 Å². The van der Waals surface area contributed by atoms with E-state index in [2.05, 4.69) is 0 Å². The number of carbonyl (C=O) groups excluding carboxylic acids is 2. The molecular weight excluding hydrogens is 463 g/mol. The van der Waals surface area contributed by atoms with Gasteiger partial charge in [0.25, 0.3) is 0 Å². The molecule has 3 aromatic rings. The van der Waals surface area contributed by atoms with Gasteiger partial charge in [0, 0.05) is 16.9 Å². The van der Waals surface area contributed by atoms with Gasteiger partial charge >= 0.3 is 0 Å². The van der Waals surface area contributed by atoms with Crippen LogP contribution < -0.4 is 5.73 Å². The molecule has 8 heteroatoms. The number of ketones is 2. The molecule has 0 bridgehead atoms. The summed E-state index contributed by atoms with van der Waals surface area (Å²) in [6, 6.07) is 14.3. The number of nitrogens with one attached hydrogen (secondary N) is 1. The van der Waals surface area contributed by atoms with Crippen molar-refractivity contribution < 1.29 is 9.59 Å². The maximum atomic E-state index is 13.0. The summed E-state index contributed by atoms with van der Waals surface area (Å²) in [4.78, 5) is 26.5. The molecule has 3 N–H and O–H groups in total. The summed E-state index contributed by atoms with van der Waals surface area (Å²) in [5.41, 5.74) is 8.48. The molecule has 1 aromatic heterocycles. The Kier molecular flexibility index (Phi) is 8.21. The van der Waals surface area contributed by atoms with Crippen molar-refractivity contribution in [3.63, 3.8) is 0 Å². The predicted molar refractivity (Wildman–Crippen MR) is 127 cm³/mol. The molecule has 0 saturated heterocycles. The number of benzene rings is 2. The van der Waals surface area contributed by atoms with Gasteiger partial charge in [0.15, 0.2) is 0 Å². The fourth-order valence-corrected chi connectivity index (χ4v) is 4.32. The Labute approximate surface area is 194 Å². The van der Waals surface area contributed by atoms with Gasteiger partial charge in [0.05, 0.1) is 27.2 Å². The van der Waals surface area contributed by atoms with Crippen LogP contribution in [0.1, 0.15) is 32.8 Å². The van der Waals surface area contributed by atoms with E-state index in [4.69, 9.17) is 34.3 Å². The molecule has 2 aromatic carbocycles. The number of nitrogens with two attached hydrogens (primary N) is 1. The minimum absolute atomic E-state index is 0. The lowest BCUT2D eigenvalue weighted by Crippen LogP contribution is -2.16. The number of carbonyl (C=O) groups is 2. The number of thiophene rings is 1.